The number of ether oxygens (including phenoxy) is 2. The minimum Gasteiger partial charge on any atom is -0.447 e. The molecule has 0 aliphatic heterocycles. The first kappa shape index (κ1) is 17.5. The summed E-state index contributed by atoms with van der Waals surface area (Å²) in [5.74, 6) is 0. The van der Waals surface area contributed by atoms with Gasteiger partial charge in [-0.05, 0) is 25.7 Å². The van der Waals surface area contributed by atoms with Crippen LogP contribution in [-0.4, -0.2) is 54.6 Å². The van der Waals surface area contributed by atoms with Crippen LogP contribution in [0, 0.1) is 0 Å². The lowest BCUT2D eigenvalue weighted by Gasteiger charge is -2.40. The molecule has 5 nitrogen and oxygen atoms in total. The molecule has 2 rings (SSSR count). The topological polar surface area (TPSA) is 59.0 Å². The highest BCUT2D eigenvalue weighted by atomic mass is 16.6. The average molecular weight is 313 g/mol. The molecule has 0 heterocycles. The molecule has 0 radical (unpaired) electrons. The zero-order valence-corrected chi connectivity index (χ0v) is 13.7. The van der Waals surface area contributed by atoms with Crippen molar-refractivity contribution in [3.63, 3.8) is 0 Å². The molecule has 0 aromatic rings. The van der Waals surface area contributed by atoms with E-state index in [0.29, 0.717) is 25.3 Å². The average Bonchev–Trinajstić information content (AvgIpc) is 2.57. The summed E-state index contributed by atoms with van der Waals surface area (Å²) in [6.07, 6.45) is 11.8. The first-order valence-electron chi connectivity index (χ1n) is 8.96. The smallest absolute Gasteiger partial charge is 0.410 e. The third-order valence-electron chi connectivity index (χ3n) is 4.84. The quantitative estimate of drug-likeness (QED) is 0.734. The van der Waals surface area contributed by atoms with E-state index >= 15 is 0 Å². The number of aliphatic hydroxyl groups is 1. The lowest BCUT2D eigenvalue weighted by Crippen LogP contribution is -2.49. The van der Waals surface area contributed by atoms with Gasteiger partial charge < -0.3 is 19.5 Å². The Balaban J connectivity index is 1.86. The zero-order chi connectivity index (χ0) is 15.6. The second-order valence-corrected chi connectivity index (χ2v) is 6.44. The molecule has 0 atom stereocenters. The molecule has 22 heavy (non-hydrogen) atoms. The van der Waals surface area contributed by atoms with Crippen molar-refractivity contribution >= 4 is 6.09 Å². The van der Waals surface area contributed by atoms with E-state index in [1.54, 1.807) is 0 Å². The molecular weight excluding hydrogens is 282 g/mol. The molecule has 0 spiro atoms. The third kappa shape index (κ3) is 5.43. The van der Waals surface area contributed by atoms with Gasteiger partial charge in [-0.25, -0.2) is 4.79 Å². The van der Waals surface area contributed by atoms with Crippen molar-refractivity contribution in [2.45, 2.75) is 76.3 Å². The summed E-state index contributed by atoms with van der Waals surface area (Å²) in [4.78, 5) is 14.6. The van der Waals surface area contributed by atoms with Gasteiger partial charge in [0.05, 0.1) is 19.8 Å². The van der Waals surface area contributed by atoms with E-state index in [2.05, 4.69) is 4.90 Å². The Morgan fingerprint density at radius 1 is 0.864 bits per heavy atom. The minimum absolute atomic E-state index is 0.00419. The predicted molar refractivity (Wildman–Crippen MR) is 84.8 cm³/mol. The summed E-state index contributed by atoms with van der Waals surface area (Å²) in [7, 11) is 0. The number of hydrogen-bond donors (Lipinski definition) is 1. The molecule has 2 aliphatic carbocycles. The van der Waals surface area contributed by atoms with Crippen molar-refractivity contribution in [3.8, 4) is 0 Å². The fraction of sp³-hybridized carbons (Fsp3) is 0.941. The molecule has 0 aromatic carbocycles. The Hall–Kier alpha value is -0.810. The van der Waals surface area contributed by atoms with Gasteiger partial charge in [-0.1, -0.05) is 38.5 Å². The Morgan fingerprint density at radius 3 is 1.91 bits per heavy atom. The SMILES string of the molecule is O=C(OCCOCCO)N(C1CCCCC1)C1CCCCC1. The van der Waals surface area contributed by atoms with E-state index in [4.69, 9.17) is 14.6 Å². The number of hydrogen-bond acceptors (Lipinski definition) is 4. The highest BCUT2D eigenvalue weighted by molar-refractivity contribution is 5.68. The van der Waals surface area contributed by atoms with Gasteiger partial charge in [0.15, 0.2) is 0 Å². The number of amides is 1. The Kier molecular flexibility index (Phi) is 8.02. The van der Waals surface area contributed by atoms with E-state index in [9.17, 15) is 4.79 Å². The molecule has 0 unspecified atom stereocenters. The number of aliphatic hydroxyl groups excluding tert-OH is 1. The van der Waals surface area contributed by atoms with Gasteiger partial charge in [0.1, 0.15) is 6.61 Å². The maximum absolute atomic E-state index is 12.6. The maximum atomic E-state index is 12.6. The van der Waals surface area contributed by atoms with E-state index in [0.717, 1.165) is 25.7 Å². The highest BCUT2D eigenvalue weighted by Crippen LogP contribution is 2.30. The molecule has 0 bridgehead atoms. The van der Waals surface area contributed by atoms with Crippen LogP contribution in [0.5, 0.6) is 0 Å². The van der Waals surface area contributed by atoms with Crippen molar-refractivity contribution in [3.05, 3.63) is 0 Å². The van der Waals surface area contributed by atoms with Gasteiger partial charge in [0.25, 0.3) is 0 Å². The molecule has 2 fully saturated rings. The van der Waals surface area contributed by atoms with Crippen LogP contribution < -0.4 is 0 Å². The summed E-state index contributed by atoms with van der Waals surface area (Å²) in [6, 6.07) is 0.727. The molecule has 2 saturated carbocycles. The lowest BCUT2D eigenvalue weighted by atomic mass is 9.89. The molecule has 5 heteroatoms. The Morgan fingerprint density at radius 2 is 1.41 bits per heavy atom. The first-order chi connectivity index (χ1) is 10.8. The van der Waals surface area contributed by atoms with Crippen molar-refractivity contribution in [1.82, 2.24) is 4.90 Å². The van der Waals surface area contributed by atoms with Crippen LogP contribution in [0.15, 0.2) is 0 Å². The standard InChI is InChI=1S/C17H31NO4/c19-11-12-21-13-14-22-17(20)18(15-7-3-1-4-8-15)16-9-5-2-6-10-16/h15-16,19H,1-14H2. The molecule has 1 amide bonds. The van der Waals surface area contributed by atoms with Crippen molar-refractivity contribution < 1.29 is 19.4 Å². The van der Waals surface area contributed by atoms with Crippen LogP contribution in [0.3, 0.4) is 0 Å². The Labute approximate surface area is 134 Å². The number of carbonyl (C=O) groups is 1. The molecule has 1 N–H and O–H groups in total. The van der Waals surface area contributed by atoms with Crippen LogP contribution in [0.1, 0.15) is 64.2 Å². The summed E-state index contributed by atoms with van der Waals surface area (Å²) < 4.78 is 10.6. The van der Waals surface area contributed by atoms with E-state index in [1.807, 2.05) is 0 Å². The lowest BCUT2D eigenvalue weighted by molar-refractivity contribution is 0.0190. The number of nitrogens with zero attached hydrogens (tertiary/aromatic N) is 1. The van der Waals surface area contributed by atoms with Gasteiger partial charge in [-0.3, -0.25) is 0 Å². The highest BCUT2D eigenvalue weighted by Gasteiger charge is 2.33. The largest absolute Gasteiger partial charge is 0.447 e. The van der Waals surface area contributed by atoms with Gasteiger partial charge in [-0.15, -0.1) is 0 Å². The Bertz CT molecular complexity index is 294. The van der Waals surface area contributed by atoms with Crippen molar-refractivity contribution in [1.29, 1.82) is 0 Å². The van der Waals surface area contributed by atoms with Gasteiger partial charge in [0.2, 0.25) is 0 Å². The summed E-state index contributed by atoms with van der Waals surface area (Å²) in [5, 5.41) is 8.66. The van der Waals surface area contributed by atoms with Crippen LogP contribution in [-0.2, 0) is 9.47 Å². The van der Waals surface area contributed by atoms with Crippen LogP contribution in [0.25, 0.3) is 0 Å². The van der Waals surface area contributed by atoms with Crippen molar-refractivity contribution in [2.24, 2.45) is 0 Å². The van der Waals surface area contributed by atoms with E-state index in [-0.39, 0.29) is 19.3 Å². The molecule has 0 saturated heterocycles. The summed E-state index contributed by atoms with van der Waals surface area (Å²) in [6.45, 7) is 0.932. The predicted octanol–water partition coefficient (Wildman–Crippen LogP) is 3.10. The normalized spacial score (nSPS) is 20.8. The monoisotopic (exact) mass is 313 g/mol. The minimum atomic E-state index is -0.161. The van der Waals surface area contributed by atoms with Gasteiger partial charge in [-0.2, -0.15) is 0 Å². The van der Waals surface area contributed by atoms with Crippen LogP contribution in [0.4, 0.5) is 4.79 Å². The number of carbonyl (C=O) groups excluding carboxylic acids is 1. The van der Waals surface area contributed by atoms with Crippen molar-refractivity contribution in [2.75, 3.05) is 26.4 Å². The van der Waals surface area contributed by atoms with E-state index in [1.165, 1.54) is 38.5 Å². The zero-order valence-electron chi connectivity index (χ0n) is 13.7. The maximum Gasteiger partial charge on any atom is 0.410 e. The fourth-order valence-corrected chi connectivity index (χ4v) is 3.74. The van der Waals surface area contributed by atoms with Gasteiger partial charge in [0, 0.05) is 12.1 Å². The fourth-order valence-electron chi connectivity index (χ4n) is 3.74. The molecule has 2 aliphatic rings. The molecule has 128 valence electrons. The first-order valence-corrected chi connectivity index (χ1v) is 8.96. The summed E-state index contributed by atoms with van der Waals surface area (Å²) in [5.41, 5.74) is 0. The van der Waals surface area contributed by atoms with Gasteiger partial charge >= 0.3 is 6.09 Å². The second kappa shape index (κ2) is 10.1. The number of rotatable bonds is 7. The van der Waals surface area contributed by atoms with Crippen LogP contribution in [0.2, 0.25) is 0 Å². The summed E-state index contributed by atoms with van der Waals surface area (Å²) >= 11 is 0. The second-order valence-electron chi connectivity index (χ2n) is 6.44. The molecular formula is C17H31NO4. The molecule has 0 aromatic heterocycles. The third-order valence-corrected chi connectivity index (χ3v) is 4.84. The van der Waals surface area contributed by atoms with Crippen LogP contribution >= 0.6 is 0 Å². The van der Waals surface area contributed by atoms with E-state index < -0.39 is 0 Å².